The summed E-state index contributed by atoms with van der Waals surface area (Å²) >= 11 is 0. The van der Waals surface area contributed by atoms with Gasteiger partial charge in [0, 0.05) is 31.6 Å². The van der Waals surface area contributed by atoms with Crippen molar-refractivity contribution in [2.45, 2.75) is 96.1 Å². The third-order valence-corrected chi connectivity index (χ3v) is 12.1. The van der Waals surface area contributed by atoms with Crippen LogP contribution in [0.1, 0.15) is 84.5 Å². The molecular weight excluding hydrogens is 340 g/mol. The van der Waals surface area contributed by atoms with Gasteiger partial charge in [0.25, 0.3) is 0 Å². The predicted octanol–water partition coefficient (Wildman–Crippen LogP) is 5.47. The Balaban J connectivity index is 1.37. The Labute approximate surface area is 175 Å². The molecule has 160 valence electrons. The van der Waals surface area contributed by atoms with E-state index >= 15 is 0 Å². The van der Waals surface area contributed by atoms with Crippen molar-refractivity contribution in [3.63, 3.8) is 0 Å². The number of rotatable bonds is 1. The van der Waals surface area contributed by atoms with Crippen LogP contribution >= 0.6 is 0 Å². The molecule has 2 heteroatoms. The standard InChI is InChI=1S/C26H48N2/c1-25-14-12-21(28(5)17-6-7-18-28)19-20(25)10-11-22-23(25)13-15-26(2)24(22)9-8-16-27(26,3)4/h20-24H,6-19H2,1-5H3/q+2/t20-,21-,22+,23-,24-,25-,26-/m0/s1. The Bertz CT molecular complexity index is 606. The first-order valence-corrected chi connectivity index (χ1v) is 12.9. The van der Waals surface area contributed by atoms with Crippen LogP contribution in [0.3, 0.4) is 0 Å². The lowest BCUT2D eigenvalue weighted by atomic mass is 9.44. The molecule has 2 nitrogen and oxygen atoms in total. The molecule has 0 spiro atoms. The van der Waals surface area contributed by atoms with E-state index in [0.29, 0.717) is 11.0 Å². The average molecular weight is 389 g/mol. The normalized spacial score (nSPS) is 52.4. The van der Waals surface area contributed by atoms with Gasteiger partial charge in [0.1, 0.15) is 0 Å². The number of likely N-dealkylation sites (tertiary alicyclic amines) is 2. The second kappa shape index (κ2) is 6.46. The van der Waals surface area contributed by atoms with E-state index in [-0.39, 0.29) is 0 Å². The molecule has 28 heavy (non-hydrogen) atoms. The quantitative estimate of drug-likeness (QED) is 0.523. The van der Waals surface area contributed by atoms with E-state index in [2.05, 4.69) is 35.0 Å². The van der Waals surface area contributed by atoms with E-state index in [1.54, 1.807) is 25.7 Å². The van der Waals surface area contributed by atoms with Crippen LogP contribution < -0.4 is 0 Å². The van der Waals surface area contributed by atoms with Gasteiger partial charge >= 0.3 is 0 Å². The molecule has 0 amide bonds. The van der Waals surface area contributed by atoms with Crippen LogP contribution in [0.2, 0.25) is 0 Å². The third-order valence-electron chi connectivity index (χ3n) is 12.1. The van der Waals surface area contributed by atoms with Crippen molar-refractivity contribution in [3.05, 3.63) is 0 Å². The molecule has 2 saturated heterocycles. The second-order valence-corrected chi connectivity index (χ2v) is 13.2. The molecule has 5 rings (SSSR count). The first kappa shape index (κ1) is 19.9. The molecule has 7 atom stereocenters. The molecular formula is C26H48N2+2. The fourth-order valence-electron chi connectivity index (χ4n) is 9.76. The van der Waals surface area contributed by atoms with Crippen molar-refractivity contribution < 1.29 is 8.97 Å². The van der Waals surface area contributed by atoms with Crippen LogP contribution in [0.5, 0.6) is 0 Å². The molecule has 0 bridgehead atoms. The topological polar surface area (TPSA) is 0 Å². The van der Waals surface area contributed by atoms with Gasteiger partial charge in [-0.1, -0.05) is 6.92 Å². The van der Waals surface area contributed by atoms with E-state index in [1.165, 1.54) is 73.5 Å². The van der Waals surface area contributed by atoms with Crippen molar-refractivity contribution in [2.24, 2.45) is 29.1 Å². The van der Waals surface area contributed by atoms with Gasteiger partial charge in [-0.25, -0.2) is 0 Å². The molecule has 0 radical (unpaired) electrons. The summed E-state index contributed by atoms with van der Waals surface area (Å²) < 4.78 is 2.71. The van der Waals surface area contributed by atoms with Gasteiger partial charge in [-0.05, 0) is 75.0 Å². The average Bonchev–Trinajstić information content (AvgIpc) is 3.09. The van der Waals surface area contributed by atoms with E-state index in [1.807, 2.05) is 0 Å². The lowest BCUT2D eigenvalue weighted by Gasteiger charge is -2.65. The molecule has 5 fully saturated rings. The van der Waals surface area contributed by atoms with Crippen LogP contribution in [-0.2, 0) is 0 Å². The van der Waals surface area contributed by atoms with E-state index in [0.717, 1.165) is 29.7 Å². The second-order valence-electron chi connectivity index (χ2n) is 13.2. The lowest BCUT2D eigenvalue weighted by Crippen LogP contribution is -2.69. The minimum absolute atomic E-state index is 0.550. The van der Waals surface area contributed by atoms with Gasteiger partial charge in [0.2, 0.25) is 0 Å². The maximum absolute atomic E-state index is 2.76. The largest absolute Gasteiger partial charge is 0.324 e. The van der Waals surface area contributed by atoms with E-state index in [4.69, 9.17) is 0 Å². The summed E-state index contributed by atoms with van der Waals surface area (Å²) in [6, 6.07) is 0.983. The molecule has 0 aromatic carbocycles. The summed E-state index contributed by atoms with van der Waals surface area (Å²) in [6.45, 7) is 9.78. The molecule has 2 heterocycles. The minimum atomic E-state index is 0.550. The van der Waals surface area contributed by atoms with Gasteiger partial charge in [0.05, 0.1) is 52.4 Å². The van der Waals surface area contributed by atoms with Crippen molar-refractivity contribution in [1.82, 2.24) is 0 Å². The maximum Gasteiger partial charge on any atom is 0.0991 e. The van der Waals surface area contributed by atoms with Crippen LogP contribution in [0.25, 0.3) is 0 Å². The Hall–Kier alpha value is -0.0800. The molecule has 0 aromatic heterocycles. The van der Waals surface area contributed by atoms with Crippen molar-refractivity contribution >= 4 is 0 Å². The highest BCUT2D eigenvalue weighted by Crippen LogP contribution is 2.64. The summed E-state index contributed by atoms with van der Waals surface area (Å²) in [6.07, 6.45) is 16.7. The van der Waals surface area contributed by atoms with Gasteiger partial charge in [-0.2, -0.15) is 0 Å². The van der Waals surface area contributed by atoms with Gasteiger partial charge < -0.3 is 8.97 Å². The highest BCUT2D eigenvalue weighted by Gasteiger charge is 2.62. The first-order chi connectivity index (χ1) is 13.2. The number of quaternary nitrogens is 2. The summed E-state index contributed by atoms with van der Waals surface area (Å²) in [5.41, 5.74) is 1.21. The van der Waals surface area contributed by atoms with Crippen LogP contribution in [0.15, 0.2) is 0 Å². The number of nitrogens with zero attached hydrogens (tertiary/aromatic N) is 2. The SMILES string of the molecule is C[C@]12CC[C@H]([N+]3(C)CCCC3)C[C@@H]1CC[C@@H]1[C@@H]2CC[C@@]2(C)[C@H]1CCC[N+]2(C)C. The summed E-state index contributed by atoms with van der Waals surface area (Å²) in [7, 11) is 7.69. The zero-order chi connectivity index (χ0) is 19.8. The molecule has 0 aromatic rings. The van der Waals surface area contributed by atoms with Gasteiger partial charge in [0.15, 0.2) is 0 Å². The molecule has 3 aliphatic carbocycles. The van der Waals surface area contributed by atoms with Gasteiger partial charge in [-0.3, -0.25) is 0 Å². The number of piperidine rings is 1. The number of hydrogen-bond acceptors (Lipinski definition) is 0. The molecule has 5 aliphatic rings. The highest BCUT2D eigenvalue weighted by molar-refractivity contribution is 5.07. The fourth-order valence-corrected chi connectivity index (χ4v) is 9.76. The zero-order valence-corrected chi connectivity index (χ0v) is 19.7. The van der Waals surface area contributed by atoms with Crippen LogP contribution in [0, 0.1) is 29.1 Å². The van der Waals surface area contributed by atoms with Crippen molar-refractivity contribution in [3.8, 4) is 0 Å². The first-order valence-electron chi connectivity index (χ1n) is 12.9. The van der Waals surface area contributed by atoms with Crippen molar-refractivity contribution in [2.75, 3.05) is 40.8 Å². The minimum Gasteiger partial charge on any atom is -0.324 e. The molecule has 0 N–H and O–H groups in total. The monoisotopic (exact) mass is 388 g/mol. The highest BCUT2D eigenvalue weighted by atomic mass is 15.4. The smallest absolute Gasteiger partial charge is 0.0991 e. The van der Waals surface area contributed by atoms with Crippen LogP contribution in [0.4, 0.5) is 0 Å². The van der Waals surface area contributed by atoms with E-state index in [9.17, 15) is 0 Å². The Morgan fingerprint density at radius 3 is 2.21 bits per heavy atom. The molecule has 3 saturated carbocycles. The molecule has 2 aliphatic heterocycles. The predicted molar refractivity (Wildman–Crippen MR) is 118 cm³/mol. The maximum atomic E-state index is 2.76. The Morgan fingerprint density at radius 2 is 1.46 bits per heavy atom. The third kappa shape index (κ3) is 2.65. The van der Waals surface area contributed by atoms with Crippen molar-refractivity contribution in [1.29, 1.82) is 0 Å². The summed E-state index contributed by atoms with van der Waals surface area (Å²) in [4.78, 5) is 0. The summed E-state index contributed by atoms with van der Waals surface area (Å²) in [5.74, 6) is 4.09. The number of fused-ring (bicyclic) bond motifs is 5. The van der Waals surface area contributed by atoms with E-state index < -0.39 is 0 Å². The van der Waals surface area contributed by atoms with Crippen LogP contribution in [-0.4, -0.2) is 61.3 Å². The Morgan fingerprint density at radius 1 is 0.714 bits per heavy atom. The van der Waals surface area contributed by atoms with Gasteiger partial charge in [-0.15, -0.1) is 0 Å². The fraction of sp³-hybridized carbons (Fsp3) is 1.00. The lowest BCUT2D eigenvalue weighted by molar-refractivity contribution is -0.952. The molecule has 0 unspecified atom stereocenters. The Kier molecular flexibility index (Phi) is 4.58. The zero-order valence-electron chi connectivity index (χ0n) is 19.7. The number of hydrogen-bond donors (Lipinski definition) is 0. The summed E-state index contributed by atoms with van der Waals surface area (Å²) in [5, 5.41) is 0.